The van der Waals surface area contributed by atoms with Crippen molar-refractivity contribution >= 4 is 11.5 Å². The SMILES string of the molecule is CC(C)c1nn(C)c(N(C)CC2CC(O)C2)c1[N+](=O)[O-]. The Hall–Kier alpha value is -1.63. The number of anilines is 1. The zero-order chi connectivity index (χ0) is 15.0. The molecular formula is C13H22N4O3. The molecule has 0 aromatic carbocycles. The number of aliphatic hydroxyl groups is 1. The normalized spacial score (nSPS) is 21.9. The van der Waals surface area contributed by atoms with Gasteiger partial charge < -0.3 is 10.0 Å². The summed E-state index contributed by atoms with van der Waals surface area (Å²) in [6.45, 7) is 4.51. The first-order chi connectivity index (χ1) is 9.31. The second kappa shape index (κ2) is 5.40. The summed E-state index contributed by atoms with van der Waals surface area (Å²) in [7, 11) is 3.58. The van der Waals surface area contributed by atoms with Crippen molar-refractivity contribution in [1.82, 2.24) is 9.78 Å². The topological polar surface area (TPSA) is 84.4 Å². The summed E-state index contributed by atoms with van der Waals surface area (Å²) >= 11 is 0. The van der Waals surface area contributed by atoms with Gasteiger partial charge in [-0.1, -0.05) is 13.8 Å². The van der Waals surface area contributed by atoms with Gasteiger partial charge in [0.2, 0.25) is 5.82 Å². The van der Waals surface area contributed by atoms with E-state index in [9.17, 15) is 15.2 Å². The molecule has 0 aliphatic heterocycles. The highest BCUT2D eigenvalue weighted by Gasteiger charge is 2.34. The predicted molar refractivity (Wildman–Crippen MR) is 76.0 cm³/mol. The number of rotatable bonds is 5. The summed E-state index contributed by atoms with van der Waals surface area (Å²) in [6, 6.07) is 0. The molecule has 1 aliphatic rings. The minimum Gasteiger partial charge on any atom is -0.393 e. The van der Waals surface area contributed by atoms with Crippen LogP contribution in [-0.2, 0) is 7.05 Å². The lowest BCUT2D eigenvalue weighted by Gasteiger charge is -2.34. The number of aryl methyl sites for hydroxylation is 1. The second-order valence-electron chi connectivity index (χ2n) is 5.96. The van der Waals surface area contributed by atoms with Crippen LogP contribution in [0.5, 0.6) is 0 Å². The summed E-state index contributed by atoms with van der Waals surface area (Å²) in [5.74, 6) is 0.946. The van der Waals surface area contributed by atoms with Crippen LogP contribution in [0, 0.1) is 16.0 Å². The molecule has 0 radical (unpaired) electrons. The van der Waals surface area contributed by atoms with Crippen molar-refractivity contribution in [2.45, 2.75) is 38.7 Å². The van der Waals surface area contributed by atoms with Crippen molar-refractivity contribution in [2.24, 2.45) is 13.0 Å². The van der Waals surface area contributed by atoms with Crippen LogP contribution in [0.25, 0.3) is 0 Å². The van der Waals surface area contributed by atoms with Crippen LogP contribution >= 0.6 is 0 Å². The number of nitro groups is 1. The van der Waals surface area contributed by atoms with Gasteiger partial charge in [0.15, 0.2) is 0 Å². The molecule has 1 fully saturated rings. The fourth-order valence-electron chi connectivity index (χ4n) is 2.84. The van der Waals surface area contributed by atoms with E-state index in [2.05, 4.69) is 5.10 Å². The minimum atomic E-state index is -0.343. The Morgan fingerprint density at radius 2 is 2.15 bits per heavy atom. The van der Waals surface area contributed by atoms with Gasteiger partial charge in [-0.15, -0.1) is 0 Å². The molecule has 0 atom stereocenters. The molecule has 7 nitrogen and oxygen atoms in total. The van der Waals surface area contributed by atoms with Crippen molar-refractivity contribution in [3.8, 4) is 0 Å². The molecule has 0 amide bonds. The quantitative estimate of drug-likeness (QED) is 0.656. The molecule has 2 rings (SSSR count). The van der Waals surface area contributed by atoms with E-state index in [0.717, 1.165) is 12.8 Å². The van der Waals surface area contributed by atoms with E-state index < -0.39 is 0 Å². The number of aliphatic hydroxyl groups excluding tert-OH is 1. The zero-order valence-corrected chi connectivity index (χ0v) is 12.4. The summed E-state index contributed by atoms with van der Waals surface area (Å²) in [6.07, 6.45) is 1.33. The van der Waals surface area contributed by atoms with Gasteiger partial charge in [-0.05, 0) is 18.8 Å². The van der Waals surface area contributed by atoms with Crippen LogP contribution in [0.15, 0.2) is 0 Å². The fourth-order valence-corrected chi connectivity index (χ4v) is 2.84. The molecule has 1 aliphatic carbocycles. The minimum absolute atomic E-state index is 0.00859. The first kappa shape index (κ1) is 14.8. The number of aromatic nitrogens is 2. The van der Waals surface area contributed by atoms with Crippen LogP contribution in [0.2, 0.25) is 0 Å². The van der Waals surface area contributed by atoms with Crippen molar-refractivity contribution in [3.63, 3.8) is 0 Å². The molecule has 0 bridgehead atoms. The number of hydrogen-bond acceptors (Lipinski definition) is 5. The van der Waals surface area contributed by atoms with E-state index in [-0.39, 0.29) is 22.6 Å². The maximum Gasteiger partial charge on any atom is 0.334 e. The molecular weight excluding hydrogens is 260 g/mol. The van der Waals surface area contributed by atoms with Crippen LogP contribution in [-0.4, -0.2) is 39.5 Å². The van der Waals surface area contributed by atoms with Gasteiger partial charge in [-0.25, -0.2) is 4.68 Å². The third kappa shape index (κ3) is 2.63. The van der Waals surface area contributed by atoms with Gasteiger partial charge in [0, 0.05) is 26.6 Å². The van der Waals surface area contributed by atoms with E-state index in [0.29, 0.717) is 24.0 Å². The predicted octanol–water partition coefficient (Wildman–Crippen LogP) is 1.66. The average Bonchev–Trinajstić information content (AvgIpc) is 2.65. The molecule has 1 N–H and O–H groups in total. The zero-order valence-electron chi connectivity index (χ0n) is 12.4. The third-order valence-electron chi connectivity index (χ3n) is 3.85. The molecule has 20 heavy (non-hydrogen) atoms. The van der Waals surface area contributed by atoms with Gasteiger partial charge in [-0.3, -0.25) is 10.1 Å². The van der Waals surface area contributed by atoms with Crippen LogP contribution in [0.3, 0.4) is 0 Å². The summed E-state index contributed by atoms with van der Waals surface area (Å²) in [5.41, 5.74) is 0.623. The maximum absolute atomic E-state index is 11.4. The van der Waals surface area contributed by atoms with Crippen LogP contribution in [0.4, 0.5) is 11.5 Å². The van der Waals surface area contributed by atoms with Crippen LogP contribution in [0.1, 0.15) is 38.3 Å². The lowest BCUT2D eigenvalue weighted by atomic mass is 9.82. The number of nitrogens with zero attached hydrogens (tertiary/aromatic N) is 4. The molecule has 0 saturated heterocycles. The van der Waals surface area contributed by atoms with E-state index in [4.69, 9.17) is 0 Å². The Kier molecular flexibility index (Phi) is 3.99. The fraction of sp³-hybridized carbons (Fsp3) is 0.769. The number of hydrogen-bond donors (Lipinski definition) is 1. The van der Waals surface area contributed by atoms with Gasteiger partial charge in [0.25, 0.3) is 0 Å². The molecule has 1 aromatic rings. The van der Waals surface area contributed by atoms with Crippen molar-refractivity contribution < 1.29 is 10.0 Å². The Morgan fingerprint density at radius 3 is 2.60 bits per heavy atom. The van der Waals surface area contributed by atoms with Crippen molar-refractivity contribution in [2.75, 3.05) is 18.5 Å². The van der Waals surface area contributed by atoms with Crippen LogP contribution < -0.4 is 4.90 Å². The standard InChI is InChI=1S/C13H22N4O3/c1-8(2)11-12(17(19)20)13(16(4)14-11)15(3)7-9-5-10(18)6-9/h8-10,18H,5-7H2,1-4H3. The summed E-state index contributed by atoms with van der Waals surface area (Å²) in [4.78, 5) is 12.9. The molecule has 0 unspecified atom stereocenters. The first-order valence-corrected chi connectivity index (χ1v) is 6.91. The highest BCUT2D eigenvalue weighted by molar-refractivity contribution is 5.62. The molecule has 112 valence electrons. The summed E-state index contributed by atoms with van der Waals surface area (Å²) < 4.78 is 1.59. The van der Waals surface area contributed by atoms with Gasteiger partial charge >= 0.3 is 5.69 Å². The van der Waals surface area contributed by atoms with E-state index in [1.807, 2.05) is 25.8 Å². The van der Waals surface area contributed by atoms with Gasteiger partial charge in [-0.2, -0.15) is 5.10 Å². The van der Waals surface area contributed by atoms with E-state index in [1.165, 1.54) is 0 Å². The Bertz CT molecular complexity index is 506. The Labute approximate surface area is 118 Å². The second-order valence-corrected chi connectivity index (χ2v) is 5.96. The van der Waals surface area contributed by atoms with E-state index in [1.54, 1.807) is 11.7 Å². The van der Waals surface area contributed by atoms with Crippen molar-refractivity contribution in [1.29, 1.82) is 0 Å². The monoisotopic (exact) mass is 282 g/mol. The smallest absolute Gasteiger partial charge is 0.334 e. The molecule has 1 heterocycles. The first-order valence-electron chi connectivity index (χ1n) is 6.91. The molecule has 0 spiro atoms. The summed E-state index contributed by atoms with van der Waals surface area (Å²) in [5, 5.41) is 25.0. The van der Waals surface area contributed by atoms with E-state index >= 15 is 0 Å². The van der Waals surface area contributed by atoms with Crippen molar-refractivity contribution in [3.05, 3.63) is 15.8 Å². The molecule has 7 heteroatoms. The van der Waals surface area contributed by atoms with Gasteiger partial charge in [0.05, 0.1) is 11.0 Å². The Morgan fingerprint density at radius 1 is 1.55 bits per heavy atom. The highest BCUT2D eigenvalue weighted by Crippen LogP contribution is 2.36. The average molecular weight is 282 g/mol. The molecule has 1 saturated carbocycles. The lowest BCUT2D eigenvalue weighted by Crippen LogP contribution is -2.37. The highest BCUT2D eigenvalue weighted by atomic mass is 16.6. The Balaban J connectivity index is 2.27. The largest absolute Gasteiger partial charge is 0.393 e. The maximum atomic E-state index is 11.4. The third-order valence-corrected chi connectivity index (χ3v) is 3.85. The molecule has 1 aromatic heterocycles. The van der Waals surface area contributed by atoms with Gasteiger partial charge in [0.1, 0.15) is 5.69 Å². The lowest BCUT2D eigenvalue weighted by molar-refractivity contribution is -0.385.